The zero-order valence-electron chi connectivity index (χ0n) is 8.91. The molecule has 0 bridgehead atoms. The second-order valence-electron chi connectivity index (χ2n) is 3.30. The number of nitrogens with one attached hydrogen (secondary N) is 1. The number of hydrogen-bond acceptors (Lipinski definition) is 2. The number of carbonyl (C=O) groups is 2. The summed E-state index contributed by atoms with van der Waals surface area (Å²) in [5.41, 5.74) is 0.525. The fraction of sp³-hybridized carbons (Fsp3) is 0.200. The van der Waals surface area contributed by atoms with Crippen molar-refractivity contribution in [2.45, 2.75) is 0 Å². The van der Waals surface area contributed by atoms with Crippen LogP contribution in [0.5, 0.6) is 0 Å². The second-order valence-corrected chi connectivity index (χ2v) is 4.59. The second kappa shape index (κ2) is 5.88. The Balaban J connectivity index is 2.71. The van der Waals surface area contributed by atoms with E-state index >= 15 is 0 Å². The Bertz CT molecular complexity index is 453. The number of carboxylic acid groups (broad SMARTS) is 1. The van der Waals surface area contributed by atoms with E-state index < -0.39 is 12.0 Å². The molecule has 0 atom stereocenters. The van der Waals surface area contributed by atoms with Crippen LogP contribution < -0.4 is 5.32 Å². The van der Waals surface area contributed by atoms with Crippen LogP contribution in [0.1, 0.15) is 0 Å². The van der Waals surface area contributed by atoms with Crippen LogP contribution in [-0.2, 0) is 4.79 Å². The van der Waals surface area contributed by atoms with E-state index in [0.717, 1.165) is 4.90 Å². The molecular formula is C10H10BrClN2O3. The quantitative estimate of drug-likeness (QED) is 0.899. The van der Waals surface area contributed by atoms with Gasteiger partial charge in [0.05, 0.1) is 5.69 Å². The summed E-state index contributed by atoms with van der Waals surface area (Å²) in [6.45, 7) is -0.364. The van der Waals surface area contributed by atoms with Gasteiger partial charge in [0.1, 0.15) is 6.54 Å². The zero-order chi connectivity index (χ0) is 13.0. The average molecular weight is 322 g/mol. The number of urea groups is 1. The first-order chi connectivity index (χ1) is 7.90. The fourth-order valence-corrected chi connectivity index (χ4v) is 1.86. The molecule has 0 saturated carbocycles. The monoisotopic (exact) mass is 320 g/mol. The van der Waals surface area contributed by atoms with Crippen LogP contribution in [0.3, 0.4) is 0 Å². The topological polar surface area (TPSA) is 69.6 Å². The number of likely N-dealkylation sites (N-methyl/N-ethyl adjacent to an activating group) is 1. The van der Waals surface area contributed by atoms with Crippen molar-refractivity contribution < 1.29 is 14.7 Å². The number of carbonyl (C=O) groups excluding carboxylic acids is 1. The molecule has 1 rings (SSSR count). The molecule has 0 unspecified atom stereocenters. The van der Waals surface area contributed by atoms with Crippen molar-refractivity contribution in [3.05, 3.63) is 27.7 Å². The molecule has 0 fully saturated rings. The number of hydrogen-bond donors (Lipinski definition) is 2. The molecule has 7 heteroatoms. The van der Waals surface area contributed by atoms with E-state index in [1.807, 2.05) is 0 Å². The molecule has 17 heavy (non-hydrogen) atoms. The highest BCUT2D eigenvalue weighted by atomic mass is 79.9. The Morgan fingerprint density at radius 3 is 2.71 bits per heavy atom. The van der Waals surface area contributed by atoms with E-state index in [1.165, 1.54) is 7.05 Å². The zero-order valence-corrected chi connectivity index (χ0v) is 11.2. The lowest BCUT2D eigenvalue weighted by Gasteiger charge is -2.16. The van der Waals surface area contributed by atoms with Gasteiger partial charge in [0.15, 0.2) is 0 Å². The minimum absolute atomic E-state index is 0.364. The van der Waals surface area contributed by atoms with E-state index in [2.05, 4.69) is 21.2 Å². The van der Waals surface area contributed by atoms with Crippen molar-refractivity contribution >= 4 is 45.2 Å². The van der Waals surface area contributed by atoms with Crippen molar-refractivity contribution in [1.29, 1.82) is 0 Å². The van der Waals surface area contributed by atoms with Gasteiger partial charge in [-0.1, -0.05) is 11.6 Å². The van der Waals surface area contributed by atoms with E-state index in [-0.39, 0.29) is 6.54 Å². The standard InChI is InChI=1S/C10H10BrClN2O3/c1-14(5-9(15)16)10(17)13-8-3-2-6(12)4-7(8)11/h2-4H,5H2,1H3,(H,13,17)(H,15,16). The lowest BCUT2D eigenvalue weighted by molar-refractivity contribution is -0.137. The van der Waals surface area contributed by atoms with Gasteiger partial charge in [-0.05, 0) is 34.1 Å². The van der Waals surface area contributed by atoms with Gasteiger partial charge in [0, 0.05) is 16.5 Å². The Labute approximate surface area is 111 Å². The number of rotatable bonds is 3. The number of benzene rings is 1. The number of nitrogens with zero attached hydrogens (tertiary/aromatic N) is 1. The molecule has 0 saturated heterocycles. The van der Waals surface area contributed by atoms with E-state index in [1.54, 1.807) is 18.2 Å². The molecule has 0 aliphatic heterocycles. The van der Waals surface area contributed by atoms with E-state index in [0.29, 0.717) is 15.2 Å². The van der Waals surface area contributed by atoms with Gasteiger partial charge in [-0.15, -0.1) is 0 Å². The van der Waals surface area contributed by atoms with Crippen LogP contribution in [0.15, 0.2) is 22.7 Å². The average Bonchev–Trinajstić information content (AvgIpc) is 2.21. The van der Waals surface area contributed by atoms with Crippen LogP contribution in [-0.4, -0.2) is 35.6 Å². The number of anilines is 1. The first-order valence-electron chi connectivity index (χ1n) is 4.59. The number of aliphatic carboxylic acids is 1. The highest BCUT2D eigenvalue weighted by Crippen LogP contribution is 2.25. The molecule has 0 spiro atoms. The molecule has 2 N–H and O–H groups in total. The van der Waals surface area contributed by atoms with Gasteiger partial charge >= 0.3 is 12.0 Å². The summed E-state index contributed by atoms with van der Waals surface area (Å²) in [4.78, 5) is 23.1. The number of amides is 2. The Morgan fingerprint density at radius 2 is 2.18 bits per heavy atom. The lowest BCUT2D eigenvalue weighted by Crippen LogP contribution is -2.35. The van der Waals surface area contributed by atoms with Gasteiger partial charge in [-0.2, -0.15) is 0 Å². The molecule has 5 nitrogen and oxygen atoms in total. The maximum Gasteiger partial charge on any atom is 0.323 e. The van der Waals surface area contributed by atoms with Crippen LogP contribution in [0.2, 0.25) is 5.02 Å². The van der Waals surface area contributed by atoms with Gasteiger partial charge < -0.3 is 15.3 Å². The predicted molar refractivity (Wildman–Crippen MR) is 68.4 cm³/mol. The van der Waals surface area contributed by atoms with E-state index in [9.17, 15) is 9.59 Å². The molecule has 92 valence electrons. The molecule has 0 aliphatic carbocycles. The van der Waals surface area contributed by atoms with E-state index in [4.69, 9.17) is 16.7 Å². The largest absolute Gasteiger partial charge is 0.480 e. The summed E-state index contributed by atoms with van der Waals surface area (Å²) in [5, 5.41) is 11.6. The molecule has 0 heterocycles. The first kappa shape index (κ1) is 13.8. The van der Waals surface area contributed by atoms with Crippen LogP contribution in [0.25, 0.3) is 0 Å². The normalized spacial score (nSPS) is 9.82. The van der Waals surface area contributed by atoms with Crippen LogP contribution in [0, 0.1) is 0 Å². The smallest absolute Gasteiger partial charge is 0.323 e. The number of halogens is 2. The SMILES string of the molecule is CN(CC(=O)O)C(=O)Nc1ccc(Cl)cc1Br. The summed E-state index contributed by atoms with van der Waals surface area (Å²) in [6, 6.07) is 4.38. The third-order valence-electron chi connectivity index (χ3n) is 1.89. The Hall–Kier alpha value is -1.27. The summed E-state index contributed by atoms with van der Waals surface area (Å²) in [5.74, 6) is -1.07. The predicted octanol–water partition coefficient (Wildman–Crippen LogP) is 2.65. The first-order valence-corrected chi connectivity index (χ1v) is 5.76. The van der Waals surface area contributed by atoms with Gasteiger partial charge in [0.2, 0.25) is 0 Å². The molecule has 0 aliphatic rings. The Kier molecular flexibility index (Phi) is 4.77. The van der Waals surface area contributed by atoms with Gasteiger partial charge in [0.25, 0.3) is 0 Å². The summed E-state index contributed by atoms with van der Waals surface area (Å²) in [6.07, 6.45) is 0. The van der Waals surface area contributed by atoms with Crippen molar-refractivity contribution in [2.24, 2.45) is 0 Å². The van der Waals surface area contributed by atoms with Crippen molar-refractivity contribution in [2.75, 3.05) is 18.9 Å². The maximum absolute atomic E-state index is 11.6. The molecule has 1 aromatic rings. The molecule has 2 amide bonds. The van der Waals surface area contributed by atoms with Gasteiger partial charge in [-0.3, -0.25) is 4.79 Å². The van der Waals surface area contributed by atoms with Crippen molar-refractivity contribution in [1.82, 2.24) is 4.90 Å². The highest BCUT2D eigenvalue weighted by molar-refractivity contribution is 9.10. The maximum atomic E-state index is 11.6. The van der Waals surface area contributed by atoms with Crippen molar-refractivity contribution in [3.63, 3.8) is 0 Å². The molecule has 1 aromatic carbocycles. The summed E-state index contributed by atoms with van der Waals surface area (Å²) in [7, 11) is 1.40. The van der Waals surface area contributed by atoms with Crippen LogP contribution in [0.4, 0.5) is 10.5 Å². The van der Waals surface area contributed by atoms with Gasteiger partial charge in [-0.25, -0.2) is 4.79 Å². The molecule has 0 radical (unpaired) electrons. The lowest BCUT2D eigenvalue weighted by atomic mass is 10.3. The molecule has 0 aromatic heterocycles. The van der Waals surface area contributed by atoms with Crippen molar-refractivity contribution in [3.8, 4) is 0 Å². The summed E-state index contributed by atoms with van der Waals surface area (Å²) >= 11 is 9.00. The number of carboxylic acids is 1. The summed E-state index contributed by atoms with van der Waals surface area (Å²) < 4.78 is 0.627. The van der Waals surface area contributed by atoms with Crippen LogP contribution >= 0.6 is 27.5 Å². The minimum Gasteiger partial charge on any atom is -0.480 e. The molecular weight excluding hydrogens is 311 g/mol. The fourth-order valence-electron chi connectivity index (χ4n) is 1.08. The highest BCUT2D eigenvalue weighted by Gasteiger charge is 2.13. The Morgan fingerprint density at radius 1 is 1.53 bits per heavy atom. The third kappa shape index (κ3) is 4.24. The minimum atomic E-state index is -1.07. The third-order valence-corrected chi connectivity index (χ3v) is 2.78.